The van der Waals surface area contributed by atoms with Crippen molar-refractivity contribution in [1.29, 1.82) is 5.26 Å². The highest BCUT2D eigenvalue weighted by atomic mass is 15.3. The maximum absolute atomic E-state index is 8.91. The summed E-state index contributed by atoms with van der Waals surface area (Å²) in [5.74, 6) is 0. The second kappa shape index (κ2) is 2.92. The Balaban J connectivity index is 3.41. The van der Waals surface area contributed by atoms with Gasteiger partial charge in [-0.1, -0.05) is 0 Å². The largest absolute Gasteiger partial charge is 0.250 e. The summed E-state index contributed by atoms with van der Waals surface area (Å²) in [6.07, 6.45) is 0. The van der Waals surface area contributed by atoms with Crippen molar-refractivity contribution in [2.75, 3.05) is 0 Å². The highest BCUT2D eigenvalue weighted by molar-refractivity contribution is 6.31. The van der Waals surface area contributed by atoms with Gasteiger partial charge in [-0.05, 0) is 33.3 Å². The van der Waals surface area contributed by atoms with Gasteiger partial charge in [0, 0.05) is 5.59 Å². The molecule has 0 saturated carbocycles. The average Bonchev–Trinajstić information content (AvgIpc) is 2.28. The molecule has 0 aliphatic rings. The summed E-state index contributed by atoms with van der Waals surface area (Å²) in [7, 11) is 5.63. The van der Waals surface area contributed by atoms with Gasteiger partial charge in [0.15, 0.2) is 0 Å². The lowest BCUT2D eigenvalue weighted by Gasteiger charge is -2.20. The van der Waals surface area contributed by atoms with Crippen LogP contribution in [0.1, 0.15) is 32.0 Å². The van der Waals surface area contributed by atoms with Crippen LogP contribution in [0.2, 0.25) is 0 Å². The Morgan fingerprint density at radius 1 is 1.46 bits per heavy atom. The van der Waals surface area contributed by atoms with Crippen molar-refractivity contribution in [3.8, 4) is 6.07 Å². The van der Waals surface area contributed by atoms with Crippen molar-refractivity contribution in [3.05, 3.63) is 11.3 Å². The normalized spacial score (nSPS) is 11.3. The Bertz CT molecular complexity index is 365. The Kier molecular flexibility index (Phi) is 2.21. The molecule has 1 aromatic heterocycles. The molecule has 4 heteroatoms. The van der Waals surface area contributed by atoms with E-state index in [-0.39, 0.29) is 5.54 Å². The molecule has 0 aromatic carbocycles. The van der Waals surface area contributed by atoms with Gasteiger partial charge >= 0.3 is 0 Å². The number of aromatic nitrogens is 2. The molecule has 0 aliphatic heterocycles. The topological polar surface area (TPSA) is 41.6 Å². The summed E-state index contributed by atoms with van der Waals surface area (Å²) in [6, 6.07) is 2.11. The van der Waals surface area contributed by atoms with Crippen LogP contribution in [-0.2, 0) is 5.54 Å². The third-order valence-electron chi connectivity index (χ3n) is 1.90. The van der Waals surface area contributed by atoms with Crippen molar-refractivity contribution in [1.82, 2.24) is 9.78 Å². The minimum Gasteiger partial charge on any atom is -0.250 e. The van der Waals surface area contributed by atoms with Crippen LogP contribution in [0.15, 0.2) is 0 Å². The van der Waals surface area contributed by atoms with E-state index in [9.17, 15) is 0 Å². The smallest absolute Gasteiger partial charge is 0.144 e. The summed E-state index contributed by atoms with van der Waals surface area (Å²) >= 11 is 0. The zero-order valence-electron chi connectivity index (χ0n) is 8.42. The van der Waals surface area contributed by atoms with E-state index in [1.54, 1.807) is 4.68 Å². The van der Waals surface area contributed by atoms with Gasteiger partial charge in [0.05, 0.1) is 5.54 Å². The van der Waals surface area contributed by atoms with E-state index in [1.165, 1.54) is 0 Å². The van der Waals surface area contributed by atoms with E-state index in [2.05, 4.69) is 11.2 Å². The SMILES string of the molecule is [B]c1nn(C(C)(C)C)c(C#N)c1C. The van der Waals surface area contributed by atoms with Gasteiger partial charge in [0.1, 0.15) is 19.6 Å². The van der Waals surface area contributed by atoms with Gasteiger partial charge in [-0.15, -0.1) is 0 Å². The molecule has 0 unspecified atom stereocenters. The standard InChI is InChI=1S/C9H12BN3/c1-6-7(5-11)13(9(2,3)4)12-8(6)10/h1-4H3. The van der Waals surface area contributed by atoms with Crippen LogP contribution in [0, 0.1) is 18.3 Å². The summed E-state index contributed by atoms with van der Waals surface area (Å²) in [5.41, 5.74) is 1.54. The molecule has 1 rings (SSSR count). The fourth-order valence-corrected chi connectivity index (χ4v) is 1.13. The number of nitriles is 1. The van der Waals surface area contributed by atoms with E-state index < -0.39 is 0 Å². The number of hydrogen-bond acceptors (Lipinski definition) is 2. The first kappa shape index (κ1) is 9.85. The second-order valence-electron chi connectivity index (χ2n) is 4.05. The van der Waals surface area contributed by atoms with Crippen LogP contribution in [0.4, 0.5) is 0 Å². The molecule has 0 fully saturated rings. The summed E-state index contributed by atoms with van der Waals surface area (Å²) in [6.45, 7) is 7.77. The molecule has 0 saturated heterocycles. The Labute approximate surface area is 79.8 Å². The molecular weight excluding hydrogens is 161 g/mol. The third-order valence-corrected chi connectivity index (χ3v) is 1.90. The Morgan fingerprint density at radius 2 is 2.00 bits per heavy atom. The maximum atomic E-state index is 8.91. The molecule has 1 heterocycles. The van der Waals surface area contributed by atoms with Gasteiger partial charge in [-0.25, -0.2) is 4.68 Å². The van der Waals surface area contributed by atoms with Crippen molar-refractivity contribution < 1.29 is 0 Å². The molecule has 66 valence electrons. The highest BCUT2D eigenvalue weighted by Crippen LogP contribution is 2.16. The highest BCUT2D eigenvalue weighted by Gasteiger charge is 2.20. The lowest BCUT2D eigenvalue weighted by atomic mass is 9.99. The fourth-order valence-electron chi connectivity index (χ4n) is 1.13. The third kappa shape index (κ3) is 1.60. The zero-order valence-corrected chi connectivity index (χ0v) is 8.42. The van der Waals surface area contributed by atoms with E-state index in [0.717, 1.165) is 5.56 Å². The van der Waals surface area contributed by atoms with Gasteiger partial charge in [0.25, 0.3) is 0 Å². The van der Waals surface area contributed by atoms with Crippen LogP contribution in [0.5, 0.6) is 0 Å². The Hall–Kier alpha value is -1.24. The lowest BCUT2D eigenvalue weighted by Crippen LogP contribution is -2.26. The number of nitrogens with zero attached hydrogens (tertiary/aromatic N) is 3. The van der Waals surface area contributed by atoms with Crippen molar-refractivity contribution in [3.63, 3.8) is 0 Å². The predicted molar refractivity (Wildman–Crippen MR) is 52.1 cm³/mol. The van der Waals surface area contributed by atoms with Gasteiger partial charge in [0.2, 0.25) is 0 Å². The molecule has 1 aromatic rings. The molecule has 0 atom stereocenters. The zero-order chi connectivity index (χ0) is 10.2. The first-order valence-corrected chi connectivity index (χ1v) is 4.13. The van der Waals surface area contributed by atoms with Crippen LogP contribution in [0.3, 0.4) is 0 Å². The summed E-state index contributed by atoms with van der Waals surface area (Å²) in [5, 5.41) is 13.0. The predicted octanol–water partition coefficient (Wildman–Crippen LogP) is 0.612. The molecule has 0 amide bonds. The first-order chi connectivity index (χ1) is 5.88. The molecule has 0 N–H and O–H groups in total. The van der Waals surface area contributed by atoms with Crippen LogP contribution in [0.25, 0.3) is 0 Å². The van der Waals surface area contributed by atoms with Crippen molar-refractivity contribution in [2.45, 2.75) is 33.2 Å². The molecule has 0 spiro atoms. The Morgan fingerprint density at radius 3 is 2.31 bits per heavy atom. The number of rotatable bonds is 0. The van der Waals surface area contributed by atoms with E-state index in [0.29, 0.717) is 11.3 Å². The second-order valence-corrected chi connectivity index (χ2v) is 4.05. The molecule has 0 aliphatic carbocycles. The maximum Gasteiger partial charge on any atom is 0.144 e. The summed E-state index contributed by atoms with van der Waals surface area (Å²) < 4.78 is 1.66. The molecule has 13 heavy (non-hydrogen) atoms. The number of hydrogen-bond donors (Lipinski definition) is 0. The fraction of sp³-hybridized carbons (Fsp3) is 0.556. The molecule has 2 radical (unpaired) electrons. The minimum atomic E-state index is -0.201. The van der Waals surface area contributed by atoms with Crippen molar-refractivity contribution in [2.24, 2.45) is 0 Å². The van der Waals surface area contributed by atoms with Crippen LogP contribution >= 0.6 is 0 Å². The van der Waals surface area contributed by atoms with Crippen molar-refractivity contribution >= 4 is 13.4 Å². The van der Waals surface area contributed by atoms with Gasteiger partial charge in [-0.2, -0.15) is 10.4 Å². The van der Waals surface area contributed by atoms with E-state index >= 15 is 0 Å². The van der Waals surface area contributed by atoms with Gasteiger partial charge in [-0.3, -0.25) is 0 Å². The van der Waals surface area contributed by atoms with E-state index in [4.69, 9.17) is 13.1 Å². The quantitative estimate of drug-likeness (QED) is 0.539. The van der Waals surface area contributed by atoms with Gasteiger partial charge < -0.3 is 0 Å². The molecule has 3 nitrogen and oxygen atoms in total. The van der Waals surface area contributed by atoms with Crippen LogP contribution in [-0.4, -0.2) is 17.6 Å². The molecule has 0 bridgehead atoms. The average molecular weight is 173 g/mol. The summed E-state index contributed by atoms with van der Waals surface area (Å²) in [4.78, 5) is 0. The lowest BCUT2D eigenvalue weighted by molar-refractivity contribution is 0.353. The van der Waals surface area contributed by atoms with E-state index in [1.807, 2.05) is 27.7 Å². The van der Waals surface area contributed by atoms with Crippen LogP contribution < -0.4 is 5.59 Å². The first-order valence-electron chi connectivity index (χ1n) is 4.13. The monoisotopic (exact) mass is 173 g/mol. The minimum absolute atomic E-state index is 0.201. The molecular formula is C9H12BN3.